The van der Waals surface area contributed by atoms with E-state index < -0.39 is 5.97 Å². The van der Waals surface area contributed by atoms with Crippen LogP contribution in [0.15, 0.2) is 0 Å². The number of nitrogens with one attached hydrogen (secondary N) is 1. The Morgan fingerprint density at radius 2 is 2.00 bits per heavy atom. The van der Waals surface area contributed by atoms with E-state index in [2.05, 4.69) is 4.98 Å². The Labute approximate surface area is 119 Å². The lowest BCUT2D eigenvalue weighted by Gasteiger charge is -2.22. The smallest absolute Gasteiger partial charge is 0.352 e. The molecule has 2 rings (SSSR count). The van der Waals surface area contributed by atoms with Gasteiger partial charge in [0.25, 0.3) is 5.91 Å². The lowest BCUT2D eigenvalue weighted by molar-refractivity contribution is 0.0690. The first-order valence-electron chi connectivity index (χ1n) is 7.17. The first-order valence-corrected chi connectivity index (χ1v) is 7.17. The van der Waals surface area contributed by atoms with Crippen LogP contribution in [0.3, 0.4) is 0 Å². The van der Waals surface area contributed by atoms with Gasteiger partial charge >= 0.3 is 5.97 Å². The highest BCUT2D eigenvalue weighted by molar-refractivity contribution is 6.00. The summed E-state index contributed by atoms with van der Waals surface area (Å²) < 4.78 is 0. The molecule has 5 nitrogen and oxygen atoms in total. The second-order valence-electron chi connectivity index (χ2n) is 5.62. The standard InChI is InChI=1S/C15H22N2O3/c1-4-7-17(8-11-5-6-11)14(18)12-9(2)13(15(19)20)16-10(12)3/h11,16H,4-8H2,1-3H3,(H,19,20). The number of nitrogens with zero attached hydrogens (tertiary/aromatic N) is 1. The molecule has 2 N–H and O–H groups in total. The van der Waals surface area contributed by atoms with Crippen LogP contribution in [0.4, 0.5) is 0 Å². The number of aromatic amines is 1. The number of carbonyl (C=O) groups excluding carboxylic acids is 1. The minimum absolute atomic E-state index is 0.0440. The fourth-order valence-electron chi connectivity index (χ4n) is 2.60. The minimum Gasteiger partial charge on any atom is -0.477 e. The first kappa shape index (κ1) is 14.6. The number of aromatic carboxylic acids is 1. The van der Waals surface area contributed by atoms with E-state index in [9.17, 15) is 9.59 Å². The third-order valence-electron chi connectivity index (χ3n) is 3.82. The van der Waals surface area contributed by atoms with Crippen molar-refractivity contribution in [1.82, 2.24) is 9.88 Å². The van der Waals surface area contributed by atoms with Crippen molar-refractivity contribution in [2.75, 3.05) is 13.1 Å². The van der Waals surface area contributed by atoms with Gasteiger partial charge in [0.2, 0.25) is 0 Å². The van der Waals surface area contributed by atoms with Crippen LogP contribution >= 0.6 is 0 Å². The molecular weight excluding hydrogens is 256 g/mol. The molecule has 0 aliphatic heterocycles. The van der Waals surface area contributed by atoms with Gasteiger partial charge in [0.05, 0.1) is 5.56 Å². The van der Waals surface area contributed by atoms with Crippen LogP contribution in [0.5, 0.6) is 0 Å². The van der Waals surface area contributed by atoms with Crippen LogP contribution in [0, 0.1) is 19.8 Å². The lowest BCUT2D eigenvalue weighted by Crippen LogP contribution is -2.34. The number of carbonyl (C=O) groups is 2. The van der Waals surface area contributed by atoms with Crippen molar-refractivity contribution in [3.8, 4) is 0 Å². The van der Waals surface area contributed by atoms with Crippen molar-refractivity contribution in [2.45, 2.75) is 40.0 Å². The number of rotatable bonds is 6. The van der Waals surface area contributed by atoms with Crippen molar-refractivity contribution in [1.29, 1.82) is 0 Å². The minimum atomic E-state index is -1.02. The predicted molar refractivity (Wildman–Crippen MR) is 76.1 cm³/mol. The molecule has 1 amide bonds. The maximum atomic E-state index is 12.7. The Balaban J connectivity index is 2.27. The maximum absolute atomic E-state index is 12.7. The van der Waals surface area contributed by atoms with Crippen LogP contribution < -0.4 is 0 Å². The number of hydrogen-bond acceptors (Lipinski definition) is 2. The van der Waals surface area contributed by atoms with Crippen molar-refractivity contribution in [3.63, 3.8) is 0 Å². The molecule has 0 unspecified atom stereocenters. The summed E-state index contributed by atoms with van der Waals surface area (Å²) in [7, 11) is 0. The van der Waals surface area contributed by atoms with E-state index in [-0.39, 0.29) is 11.6 Å². The first-order chi connectivity index (χ1) is 9.45. The van der Waals surface area contributed by atoms with Crippen molar-refractivity contribution < 1.29 is 14.7 Å². The number of aromatic nitrogens is 1. The SMILES string of the molecule is CCCN(CC1CC1)C(=O)c1c(C)[nH]c(C(=O)O)c1C. The van der Waals surface area contributed by atoms with E-state index in [1.807, 2.05) is 11.8 Å². The molecule has 5 heteroatoms. The molecule has 1 aliphatic rings. The Kier molecular flexibility index (Phi) is 4.16. The number of carboxylic acid groups (broad SMARTS) is 1. The van der Waals surface area contributed by atoms with E-state index in [0.717, 1.165) is 19.5 Å². The monoisotopic (exact) mass is 278 g/mol. The summed E-state index contributed by atoms with van der Waals surface area (Å²) >= 11 is 0. The molecule has 20 heavy (non-hydrogen) atoms. The van der Waals surface area contributed by atoms with Crippen LogP contribution in [0.25, 0.3) is 0 Å². The van der Waals surface area contributed by atoms with E-state index in [0.29, 0.717) is 22.7 Å². The van der Waals surface area contributed by atoms with Crippen LogP contribution in [0.2, 0.25) is 0 Å². The van der Waals surface area contributed by atoms with E-state index >= 15 is 0 Å². The molecule has 1 fully saturated rings. The molecule has 0 atom stereocenters. The number of H-pyrrole nitrogens is 1. The Hall–Kier alpha value is -1.78. The molecule has 0 radical (unpaired) electrons. The summed E-state index contributed by atoms with van der Waals surface area (Å²) in [6, 6.07) is 0. The fourth-order valence-corrected chi connectivity index (χ4v) is 2.60. The Bertz CT molecular complexity index is 529. The largest absolute Gasteiger partial charge is 0.477 e. The van der Waals surface area contributed by atoms with Crippen LogP contribution in [-0.2, 0) is 0 Å². The highest BCUT2D eigenvalue weighted by Crippen LogP contribution is 2.31. The molecule has 1 heterocycles. The zero-order valence-electron chi connectivity index (χ0n) is 12.3. The third kappa shape index (κ3) is 2.86. The third-order valence-corrected chi connectivity index (χ3v) is 3.82. The second kappa shape index (κ2) is 5.69. The van der Waals surface area contributed by atoms with Crippen molar-refractivity contribution in [3.05, 3.63) is 22.5 Å². The van der Waals surface area contributed by atoms with Gasteiger partial charge < -0.3 is 15.0 Å². The molecular formula is C15H22N2O3. The Morgan fingerprint density at radius 3 is 2.45 bits per heavy atom. The van der Waals surface area contributed by atoms with Gasteiger partial charge in [-0.25, -0.2) is 4.79 Å². The average molecular weight is 278 g/mol. The molecule has 0 saturated heterocycles. The molecule has 0 aromatic carbocycles. The van der Waals surface area contributed by atoms with E-state index in [1.165, 1.54) is 12.8 Å². The van der Waals surface area contributed by atoms with E-state index in [4.69, 9.17) is 5.11 Å². The molecule has 1 aliphatic carbocycles. The number of carboxylic acids is 1. The zero-order valence-corrected chi connectivity index (χ0v) is 12.3. The van der Waals surface area contributed by atoms with Gasteiger partial charge in [0, 0.05) is 18.8 Å². The van der Waals surface area contributed by atoms with Crippen molar-refractivity contribution in [2.24, 2.45) is 5.92 Å². The summed E-state index contributed by atoms with van der Waals surface area (Å²) in [5.74, 6) is -0.435. The molecule has 1 aromatic heterocycles. The molecule has 1 aromatic rings. The highest BCUT2D eigenvalue weighted by atomic mass is 16.4. The summed E-state index contributed by atoms with van der Waals surface area (Å²) in [6.45, 7) is 7.02. The van der Waals surface area contributed by atoms with Gasteiger partial charge in [-0.1, -0.05) is 6.92 Å². The fraction of sp³-hybridized carbons (Fsp3) is 0.600. The molecule has 1 saturated carbocycles. The van der Waals surface area contributed by atoms with Gasteiger partial charge in [-0.05, 0) is 44.6 Å². The number of aryl methyl sites for hydroxylation is 1. The summed E-state index contributed by atoms with van der Waals surface area (Å²) in [5.41, 5.74) is 1.82. The van der Waals surface area contributed by atoms with Crippen molar-refractivity contribution >= 4 is 11.9 Å². The van der Waals surface area contributed by atoms with Crippen LogP contribution in [0.1, 0.15) is 58.3 Å². The molecule has 110 valence electrons. The Morgan fingerprint density at radius 1 is 1.35 bits per heavy atom. The lowest BCUT2D eigenvalue weighted by atomic mass is 10.1. The van der Waals surface area contributed by atoms with Gasteiger partial charge in [-0.15, -0.1) is 0 Å². The zero-order chi connectivity index (χ0) is 14.9. The highest BCUT2D eigenvalue weighted by Gasteiger charge is 2.29. The second-order valence-corrected chi connectivity index (χ2v) is 5.62. The number of hydrogen-bond donors (Lipinski definition) is 2. The van der Waals surface area contributed by atoms with E-state index in [1.54, 1.807) is 13.8 Å². The normalized spacial score (nSPS) is 14.3. The van der Waals surface area contributed by atoms with Gasteiger partial charge in [0.1, 0.15) is 5.69 Å². The number of amides is 1. The predicted octanol–water partition coefficient (Wildman–Crippen LogP) is 2.59. The van der Waals surface area contributed by atoms with Crippen LogP contribution in [-0.4, -0.2) is 40.0 Å². The average Bonchev–Trinajstić information content (AvgIpc) is 3.13. The molecule has 0 spiro atoms. The topological polar surface area (TPSA) is 73.4 Å². The summed E-state index contributed by atoms with van der Waals surface area (Å²) in [6.07, 6.45) is 3.30. The van der Waals surface area contributed by atoms with Gasteiger partial charge in [-0.3, -0.25) is 4.79 Å². The summed E-state index contributed by atoms with van der Waals surface area (Å²) in [4.78, 5) is 28.5. The summed E-state index contributed by atoms with van der Waals surface area (Å²) in [5, 5.41) is 9.13. The van der Waals surface area contributed by atoms with Gasteiger partial charge in [-0.2, -0.15) is 0 Å². The maximum Gasteiger partial charge on any atom is 0.352 e. The molecule has 0 bridgehead atoms. The quantitative estimate of drug-likeness (QED) is 0.840. The van der Waals surface area contributed by atoms with Gasteiger partial charge in [0.15, 0.2) is 0 Å².